The van der Waals surface area contributed by atoms with Crippen molar-refractivity contribution in [2.45, 2.75) is 25.3 Å². The third-order valence-electron chi connectivity index (χ3n) is 3.02. The van der Waals surface area contributed by atoms with E-state index in [1.165, 1.54) is 12.1 Å². The summed E-state index contributed by atoms with van der Waals surface area (Å²) < 4.78 is 27.5. The lowest BCUT2D eigenvalue weighted by Crippen LogP contribution is -2.24. The third-order valence-corrected chi connectivity index (χ3v) is 3.48. The zero-order valence-electron chi connectivity index (χ0n) is 9.01. The Balaban J connectivity index is 2.22. The maximum Gasteiger partial charge on any atom is 0.150 e. The molecule has 0 heterocycles. The molecule has 0 bridgehead atoms. The highest BCUT2D eigenvalue weighted by Gasteiger charge is 2.28. The third kappa shape index (κ3) is 2.58. The van der Waals surface area contributed by atoms with E-state index >= 15 is 0 Å². The summed E-state index contributed by atoms with van der Waals surface area (Å²) in [6.45, 7) is 0. The first-order chi connectivity index (χ1) is 8.11. The number of nitriles is 1. The predicted octanol–water partition coefficient (Wildman–Crippen LogP) is 3.83. The van der Waals surface area contributed by atoms with Crippen LogP contribution in [0.15, 0.2) is 16.6 Å². The molecule has 90 valence electrons. The van der Waals surface area contributed by atoms with Crippen LogP contribution in [0.4, 0.5) is 14.5 Å². The molecule has 5 heteroatoms. The Hall–Kier alpha value is -1.15. The number of benzene rings is 1. The van der Waals surface area contributed by atoms with Gasteiger partial charge in [-0.1, -0.05) is 15.9 Å². The van der Waals surface area contributed by atoms with Crippen molar-refractivity contribution < 1.29 is 8.78 Å². The molecular formula is C12H11BrF2N2. The van der Waals surface area contributed by atoms with Gasteiger partial charge in [-0.05, 0) is 31.4 Å². The molecule has 1 aliphatic rings. The molecular weight excluding hydrogens is 290 g/mol. The monoisotopic (exact) mass is 300 g/mol. The second kappa shape index (κ2) is 5.01. The average molecular weight is 301 g/mol. The van der Waals surface area contributed by atoms with E-state index < -0.39 is 11.6 Å². The molecule has 1 aromatic rings. The molecule has 0 spiro atoms. The maximum atomic E-state index is 13.6. The Labute approximate surface area is 107 Å². The van der Waals surface area contributed by atoms with Crippen molar-refractivity contribution in [1.29, 1.82) is 5.26 Å². The van der Waals surface area contributed by atoms with E-state index in [2.05, 4.69) is 27.3 Å². The summed E-state index contributed by atoms with van der Waals surface area (Å²) in [5, 5.41) is 11.7. The Morgan fingerprint density at radius 2 is 1.94 bits per heavy atom. The van der Waals surface area contributed by atoms with E-state index in [4.69, 9.17) is 5.26 Å². The number of hydrogen-bond donors (Lipinski definition) is 1. The van der Waals surface area contributed by atoms with E-state index in [0.29, 0.717) is 4.47 Å². The Bertz CT molecular complexity index is 447. The highest BCUT2D eigenvalue weighted by atomic mass is 79.9. The van der Waals surface area contributed by atoms with Crippen LogP contribution in [0.1, 0.15) is 19.3 Å². The van der Waals surface area contributed by atoms with Crippen LogP contribution in [0.3, 0.4) is 0 Å². The van der Waals surface area contributed by atoms with Gasteiger partial charge in [-0.3, -0.25) is 0 Å². The Morgan fingerprint density at radius 3 is 2.53 bits per heavy atom. The molecule has 1 saturated carbocycles. The van der Waals surface area contributed by atoms with Crippen molar-refractivity contribution in [3.05, 3.63) is 28.2 Å². The summed E-state index contributed by atoms with van der Waals surface area (Å²) in [6, 6.07) is 4.43. The molecule has 0 amide bonds. The number of rotatable bonds is 2. The van der Waals surface area contributed by atoms with Gasteiger partial charge in [0.25, 0.3) is 0 Å². The van der Waals surface area contributed by atoms with Crippen LogP contribution in [-0.4, -0.2) is 6.04 Å². The normalized spacial score (nSPS) is 23.4. The first-order valence-electron chi connectivity index (χ1n) is 5.42. The summed E-state index contributed by atoms with van der Waals surface area (Å²) in [4.78, 5) is 0. The van der Waals surface area contributed by atoms with Gasteiger partial charge in [0.15, 0.2) is 0 Å². The topological polar surface area (TPSA) is 35.8 Å². The van der Waals surface area contributed by atoms with Crippen molar-refractivity contribution in [2.24, 2.45) is 5.92 Å². The van der Waals surface area contributed by atoms with Crippen LogP contribution in [0.5, 0.6) is 0 Å². The molecule has 0 aromatic heterocycles. The van der Waals surface area contributed by atoms with Crippen molar-refractivity contribution in [1.82, 2.24) is 0 Å². The minimum Gasteiger partial charge on any atom is -0.376 e. The van der Waals surface area contributed by atoms with Crippen LogP contribution in [0.25, 0.3) is 0 Å². The summed E-state index contributed by atoms with van der Waals surface area (Å²) in [7, 11) is 0. The van der Waals surface area contributed by atoms with Crippen LogP contribution >= 0.6 is 15.9 Å². The van der Waals surface area contributed by atoms with Crippen LogP contribution in [0.2, 0.25) is 0 Å². The second-order valence-electron chi connectivity index (χ2n) is 4.16. The summed E-state index contributed by atoms with van der Waals surface area (Å²) >= 11 is 3.03. The Morgan fingerprint density at radius 1 is 1.29 bits per heavy atom. The van der Waals surface area contributed by atoms with Crippen molar-refractivity contribution >= 4 is 21.6 Å². The quantitative estimate of drug-likeness (QED) is 0.901. The molecule has 1 fully saturated rings. The number of hydrogen-bond acceptors (Lipinski definition) is 2. The van der Waals surface area contributed by atoms with Gasteiger partial charge >= 0.3 is 0 Å². The molecule has 1 N–H and O–H groups in total. The van der Waals surface area contributed by atoms with Crippen molar-refractivity contribution in [3.63, 3.8) is 0 Å². The molecule has 0 aliphatic heterocycles. The van der Waals surface area contributed by atoms with Gasteiger partial charge in [0.05, 0.1) is 12.0 Å². The number of nitrogens with one attached hydrogen (secondary N) is 1. The van der Waals surface area contributed by atoms with Gasteiger partial charge in [0, 0.05) is 10.5 Å². The lowest BCUT2D eigenvalue weighted by molar-refractivity contribution is 0.567. The van der Waals surface area contributed by atoms with Crippen molar-refractivity contribution in [2.75, 3.05) is 5.32 Å². The van der Waals surface area contributed by atoms with Gasteiger partial charge in [0.2, 0.25) is 0 Å². The molecule has 1 aromatic carbocycles. The minimum absolute atomic E-state index is 0.139. The summed E-state index contributed by atoms with van der Waals surface area (Å²) in [6.07, 6.45) is 2.47. The van der Waals surface area contributed by atoms with Crippen LogP contribution in [0, 0.1) is 28.9 Å². The minimum atomic E-state index is -0.638. The number of halogens is 3. The van der Waals surface area contributed by atoms with Crippen LogP contribution < -0.4 is 5.32 Å². The largest absolute Gasteiger partial charge is 0.376 e. The van der Waals surface area contributed by atoms with E-state index in [1.807, 2.05) is 0 Å². The van der Waals surface area contributed by atoms with E-state index in [-0.39, 0.29) is 17.6 Å². The fraction of sp³-hybridized carbons (Fsp3) is 0.417. The highest BCUT2D eigenvalue weighted by Crippen LogP contribution is 2.31. The van der Waals surface area contributed by atoms with Gasteiger partial charge in [-0.15, -0.1) is 0 Å². The first-order valence-corrected chi connectivity index (χ1v) is 6.22. The van der Waals surface area contributed by atoms with Gasteiger partial charge in [0.1, 0.15) is 17.3 Å². The molecule has 0 radical (unpaired) electrons. The molecule has 2 unspecified atom stereocenters. The van der Waals surface area contributed by atoms with Crippen LogP contribution in [-0.2, 0) is 0 Å². The Kier molecular flexibility index (Phi) is 3.63. The first kappa shape index (κ1) is 12.3. The fourth-order valence-corrected chi connectivity index (χ4v) is 2.55. The molecule has 2 nitrogen and oxygen atoms in total. The van der Waals surface area contributed by atoms with Crippen molar-refractivity contribution in [3.8, 4) is 6.07 Å². The van der Waals surface area contributed by atoms with Gasteiger partial charge in [-0.25, -0.2) is 8.78 Å². The van der Waals surface area contributed by atoms with E-state index in [0.717, 1.165) is 19.3 Å². The fourth-order valence-electron chi connectivity index (χ4n) is 2.15. The number of nitrogens with zero attached hydrogens (tertiary/aromatic N) is 1. The second-order valence-corrected chi connectivity index (χ2v) is 5.08. The van der Waals surface area contributed by atoms with E-state index in [9.17, 15) is 8.78 Å². The standard InChI is InChI=1S/C12H11BrF2N2/c13-8-4-9(14)12(10(15)5-8)17-11-3-1-2-7(11)6-16/h4-5,7,11,17H,1-3H2. The predicted molar refractivity (Wildman–Crippen MR) is 64.4 cm³/mol. The smallest absolute Gasteiger partial charge is 0.150 e. The van der Waals surface area contributed by atoms with Gasteiger partial charge < -0.3 is 5.32 Å². The zero-order valence-corrected chi connectivity index (χ0v) is 10.6. The molecule has 2 atom stereocenters. The number of anilines is 1. The zero-order chi connectivity index (χ0) is 12.4. The average Bonchev–Trinajstić information content (AvgIpc) is 2.70. The maximum absolute atomic E-state index is 13.6. The summed E-state index contributed by atoms with van der Waals surface area (Å²) in [5.74, 6) is -1.45. The van der Waals surface area contributed by atoms with Gasteiger partial charge in [-0.2, -0.15) is 5.26 Å². The lowest BCUT2D eigenvalue weighted by Gasteiger charge is -2.18. The lowest BCUT2D eigenvalue weighted by atomic mass is 10.1. The molecule has 17 heavy (non-hydrogen) atoms. The van der Waals surface area contributed by atoms with E-state index in [1.54, 1.807) is 0 Å². The summed E-state index contributed by atoms with van der Waals surface area (Å²) in [5.41, 5.74) is -0.139. The molecule has 1 aliphatic carbocycles. The highest BCUT2D eigenvalue weighted by molar-refractivity contribution is 9.10. The molecule has 2 rings (SSSR count). The molecule has 0 saturated heterocycles. The SMILES string of the molecule is N#CC1CCCC1Nc1c(F)cc(Br)cc1F.